The van der Waals surface area contributed by atoms with Crippen LogP contribution in [0.2, 0.25) is 0 Å². The summed E-state index contributed by atoms with van der Waals surface area (Å²) < 4.78 is 40.3. The van der Waals surface area contributed by atoms with Crippen molar-refractivity contribution in [3.05, 3.63) is 0 Å². The van der Waals surface area contributed by atoms with E-state index in [4.69, 9.17) is 17.3 Å². The molecule has 2 saturated carbocycles. The number of amidine groups is 1. The molecule has 6 atom stereocenters. The average molecular weight is 339 g/mol. The highest BCUT2D eigenvalue weighted by molar-refractivity contribution is 6.20. The summed E-state index contributed by atoms with van der Waals surface area (Å²) in [6.07, 6.45) is -0.747. The van der Waals surface area contributed by atoms with Crippen LogP contribution in [-0.4, -0.2) is 34.1 Å². The van der Waals surface area contributed by atoms with Gasteiger partial charge in [-0.1, -0.05) is 12.8 Å². The van der Waals surface area contributed by atoms with Gasteiger partial charge in [0.05, 0.1) is 12.0 Å². The zero-order valence-corrected chi connectivity index (χ0v) is 13.1. The van der Waals surface area contributed by atoms with E-state index in [0.29, 0.717) is 32.1 Å². The summed E-state index contributed by atoms with van der Waals surface area (Å²) in [6.45, 7) is 0. The Bertz CT molecular complexity index is 470. The molecule has 0 saturated heterocycles. The number of alkyl halides is 4. The number of rotatable bonds is 1. The Morgan fingerprint density at radius 3 is 2.50 bits per heavy atom. The first-order valence-electron chi connectivity index (χ1n) is 8.01. The molecule has 0 radical (unpaired) electrons. The van der Waals surface area contributed by atoms with E-state index in [1.165, 1.54) is 0 Å². The molecule has 1 aliphatic heterocycles. The van der Waals surface area contributed by atoms with E-state index in [1.807, 2.05) is 0 Å². The van der Waals surface area contributed by atoms with Crippen LogP contribution < -0.4 is 5.73 Å². The maximum Gasteiger partial charge on any atom is 0.392 e. The second kappa shape index (κ2) is 5.55. The smallest absolute Gasteiger partial charge is 0.385 e. The van der Waals surface area contributed by atoms with Gasteiger partial charge in [0.25, 0.3) is 0 Å². The largest absolute Gasteiger partial charge is 0.392 e. The van der Waals surface area contributed by atoms with E-state index >= 15 is 0 Å². The van der Waals surface area contributed by atoms with Crippen LogP contribution in [0.1, 0.15) is 44.9 Å². The molecule has 126 valence electrons. The monoisotopic (exact) mass is 338 g/mol. The average Bonchev–Trinajstić information content (AvgIpc) is 2.71. The predicted octanol–water partition coefficient (Wildman–Crippen LogP) is 3.23. The number of nitrogens with two attached hydrogens (primary N) is 1. The number of nitrogens with zero attached hydrogens (tertiary/aromatic N) is 1. The highest BCUT2D eigenvalue weighted by Crippen LogP contribution is 2.53. The topological polar surface area (TPSA) is 58.6 Å². The zero-order chi connectivity index (χ0) is 16.1. The second-order valence-electron chi connectivity index (χ2n) is 6.96. The quantitative estimate of drug-likeness (QED) is 0.721. The van der Waals surface area contributed by atoms with E-state index in [1.54, 1.807) is 0 Å². The molecule has 3 N–H and O–H groups in total. The predicted molar refractivity (Wildman–Crippen MR) is 78.8 cm³/mol. The van der Waals surface area contributed by atoms with Crippen molar-refractivity contribution in [3.8, 4) is 0 Å². The lowest BCUT2D eigenvalue weighted by Crippen LogP contribution is -2.59. The molecule has 7 heteroatoms. The maximum atomic E-state index is 13.4. The van der Waals surface area contributed by atoms with Crippen LogP contribution in [0.5, 0.6) is 0 Å². The Labute approximate surface area is 133 Å². The number of hydrogen-bond donors (Lipinski definition) is 2. The van der Waals surface area contributed by atoms with E-state index in [-0.39, 0.29) is 29.6 Å². The normalized spacial score (nSPS) is 46.2. The van der Waals surface area contributed by atoms with Crippen molar-refractivity contribution >= 4 is 17.4 Å². The molecular weight excluding hydrogens is 317 g/mol. The van der Waals surface area contributed by atoms with Gasteiger partial charge < -0.3 is 10.8 Å². The third-order valence-corrected chi connectivity index (χ3v) is 6.18. The standard InChI is InChI=1S/C15H22ClF3N2O/c16-8-5-6-12-11(7-8)14(22,13(20)21-12)9-3-1-2-4-10(9)15(17,18)19/h8-12,22H,1-7H2,(H2,20,21). The van der Waals surface area contributed by atoms with Crippen molar-refractivity contribution < 1.29 is 18.3 Å². The molecule has 0 aromatic heterocycles. The lowest BCUT2D eigenvalue weighted by molar-refractivity contribution is -0.217. The molecule has 0 aromatic rings. The highest BCUT2D eigenvalue weighted by atomic mass is 35.5. The minimum absolute atomic E-state index is 0.00517. The van der Waals surface area contributed by atoms with E-state index in [9.17, 15) is 18.3 Å². The Hall–Kier alpha value is -0.490. The lowest BCUT2D eigenvalue weighted by Gasteiger charge is -2.46. The van der Waals surface area contributed by atoms with Gasteiger partial charge in [-0.3, -0.25) is 4.99 Å². The Morgan fingerprint density at radius 1 is 1.14 bits per heavy atom. The van der Waals surface area contributed by atoms with E-state index in [0.717, 1.165) is 6.42 Å². The molecule has 0 aromatic carbocycles. The van der Waals surface area contributed by atoms with Crippen LogP contribution in [0.3, 0.4) is 0 Å². The SMILES string of the molecule is NC1=NC2CCC(Cl)CC2C1(O)C1CCCCC1C(F)(F)F. The number of aliphatic imine (C=N–C) groups is 1. The molecule has 2 fully saturated rings. The summed E-state index contributed by atoms with van der Waals surface area (Å²) >= 11 is 6.20. The fraction of sp³-hybridized carbons (Fsp3) is 0.933. The first kappa shape index (κ1) is 16.4. The minimum Gasteiger partial charge on any atom is -0.385 e. The highest BCUT2D eigenvalue weighted by Gasteiger charge is 2.61. The van der Waals surface area contributed by atoms with Gasteiger partial charge in [0.15, 0.2) is 0 Å². The van der Waals surface area contributed by atoms with Crippen LogP contribution >= 0.6 is 11.6 Å². The van der Waals surface area contributed by atoms with Gasteiger partial charge in [0.1, 0.15) is 11.4 Å². The van der Waals surface area contributed by atoms with Gasteiger partial charge >= 0.3 is 6.18 Å². The second-order valence-corrected chi connectivity index (χ2v) is 7.58. The van der Waals surface area contributed by atoms with Gasteiger partial charge in [-0.05, 0) is 32.1 Å². The van der Waals surface area contributed by atoms with Crippen LogP contribution in [0.4, 0.5) is 13.2 Å². The van der Waals surface area contributed by atoms with Gasteiger partial charge in [-0.25, -0.2) is 0 Å². The third kappa shape index (κ3) is 2.52. The van der Waals surface area contributed by atoms with Crippen molar-refractivity contribution in [2.24, 2.45) is 28.5 Å². The Balaban J connectivity index is 1.94. The van der Waals surface area contributed by atoms with Crippen molar-refractivity contribution in [1.29, 1.82) is 0 Å². The van der Waals surface area contributed by atoms with Crippen LogP contribution in [0, 0.1) is 17.8 Å². The summed E-state index contributed by atoms with van der Waals surface area (Å²) in [4.78, 5) is 4.31. The molecule has 3 aliphatic rings. The van der Waals surface area contributed by atoms with Gasteiger partial charge in [0.2, 0.25) is 0 Å². The fourth-order valence-electron chi connectivity index (χ4n) is 4.72. The van der Waals surface area contributed by atoms with E-state index in [2.05, 4.69) is 4.99 Å². The summed E-state index contributed by atoms with van der Waals surface area (Å²) in [6, 6.07) is -0.184. The molecule has 0 amide bonds. The number of aliphatic hydroxyl groups is 1. The number of hydrogen-bond acceptors (Lipinski definition) is 3. The minimum atomic E-state index is -4.31. The maximum absolute atomic E-state index is 13.4. The Morgan fingerprint density at radius 2 is 1.82 bits per heavy atom. The Kier molecular flexibility index (Phi) is 4.13. The fourth-order valence-corrected chi connectivity index (χ4v) is 5.04. The molecule has 0 spiro atoms. The molecule has 3 nitrogen and oxygen atoms in total. The molecule has 0 bridgehead atoms. The van der Waals surface area contributed by atoms with Crippen molar-refractivity contribution in [2.45, 2.75) is 68.1 Å². The van der Waals surface area contributed by atoms with Gasteiger partial charge in [-0.15, -0.1) is 11.6 Å². The summed E-state index contributed by atoms with van der Waals surface area (Å²) in [7, 11) is 0. The van der Waals surface area contributed by atoms with Gasteiger partial charge in [0, 0.05) is 17.2 Å². The first-order valence-corrected chi connectivity index (χ1v) is 8.45. The van der Waals surface area contributed by atoms with Crippen LogP contribution in [0.25, 0.3) is 0 Å². The zero-order valence-electron chi connectivity index (χ0n) is 12.3. The number of halogens is 4. The van der Waals surface area contributed by atoms with Gasteiger partial charge in [-0.2, -0.15) is 13.2 Å². The third-order valence-electron chi connectivity index (χ3n) is 5.78. The summed E-state index contributed by atoms with van der Waals surface area (Å²) in [5.74, 6) is -2.79. The molecule has 1 heterocycles. The van der Waals surface area contributed by atoms with Crippen LogP contribution in [-0.2, 0) is 0 Å². The molecular formula is C15H22ClF3N2O. The summed E-state index contributed by atoms with van der Waals surface area (Å²) in [5, 5.41) is 11.1. The van der Waals surface area contributed by atoms with Crippen molar-refractivity contribution in [2.75, 3.05) is 0 Å². The molecule has 6 unspecified atom stereocenters. The van der Waals surface area contributed by atoms with Crippen molar-refractivity contribution in [3.63, 3.8) is 0 Å². The molecule has 22 heavy (non-hydrogen) atoms. The summed E-state index contributed by atoms with van der Waals surface area (Å²) in [5.41, 5.74) is 4.29. The van der Waals surface area contributed by atoms with E-state index < -0.39 is 23.6 Å². The molecule has 3 rings (SSSR count). The lowest BCUT2D eigenvalue weighted by atomic mass is 9.62. The first-order chi connectivity index (χ1) is 10.2. The van der Waals surface area contributed by atoms with Crippen molar-refractivity contribution in [1.82, 2.24) is 0 Å². The number of fused-ring (bicyclic) bond motifs is 1. The molecule has 2 aliphatic carbocycles. The van der Waals surface area contributed by atoms with Crippen LogP contribution in [0.15, 0.2) is 4.99 Å².